The summed E-state index contributed by atoms with van der Waals surface area (Å²) in [5.74, 6) is -0.0808. The predicted octanol–water partition coefficient (Wildman–Crippen LogP) is 5.96. The van der Waals surface area contributed by atoms with Crippen LogP contribution >= 0.6 is 0 Å². The number of hydrogen-bond donors (Lipinski definition) is 1. The van der Waals surface area contributed by atoms with Gasteiger partial charge in [0.25, 0.3) is 0 Å². The van der Waals surface area contributed by atoms with Gasteiger partial charge in [-0.1, -0.05) is 60.2 Å². The van der Waals surface area contributed by atoms with E-state index in [1.807, 2.05) is 92.7 Å². The van der Waals surface area contributed by atoms with E-state index < -0.39 is 0 Å². The molecule has 34 heavy (non-hydrogen) atoms. The molecule has 1 heterocycles. The van der Waals surface area contributed by atoms with Crippen molar-refractivity contribution in [3.8, 4) is 16.9 Å². The number of benzene rings is 4. The molecule has 0 aliphatic heterocycles. The molecule has 1 N–H and O–H groups in total. The van der Waals surface area contributed by atoms with E-state index in [0.717, 1.165) is 16.8 Å². The summed E-state index contributed by atoms with van der Waals surface area (Å²) in [5.41, 5.74) is 7.00. The van der Waals surface area contributed by atoms with Crippen molar-refractivity contribution in [2.75, 3.05) is 5.32 Å². The lowest BCUT2D eigenvalue weighted by atomic mass is 9.84. The van der Waals surface area contributed by atoms with Gasteiger partial charge in [-0.2, -0.15) is 4.98 Å². The molecule has 0 amide bonds. The number of para-hydroxylation sites is 1. The lowest BCUT2D eigenvalue weighted by Crippen LogP contribution is -2.26. The van der Waals surface area contributed by atoms with Gasteiger partial charge in [0.05, 0.1) is 28.1 Å². The first-order chi connectivity index (χ1) is 16.5. The zero-order chi connectivity index (χ0) is 23.4. The molecular formula is C29H21N3O2. The topological polar surface area (TPSA) is 64.0 Å². The Hall–Kier alpha value is -4.51. The van der Waals surface area contributed by atoms with Crippen LogP contribution in [-0.4, -0.2) is 15.3 Å². The number of anilines is 2. The molecular weight excluding hydrogens is 422 g/mol. The average Bonchev–Trinajstić information content (AvgIpc) is 2.85. The molecule has 6 rings (SSSR count). The molecule has 0 radical (unpaired) electrons. The molecule has 0 fully saturated rings. The zero-order valence-corrected chi connectivity index (χ0v) is 18.8. The molecule has 5 nitrogen and oxygen atoms in total. The van der Waals surface area contributed by atoms with Gasteiger partial charge in [-0.3, -0.25) is 9.36 Å². The first-order valence-electron chi connectivity index (χ1n) is 11.2. The maximum absolute atomic E-state index is 13.8. The van der Waals surface area contributed by atoms with Crippen LogP contribution in [0.15, 0.2) is 89.7 Å². The summed E-state index contributed by atoms with van der Waals surface area (Å²) in [5, 5.41) is 4.14. The van der Waals surface area contributed by atoms with Crippen LogP contribution in [0, 0.1) is 13.8 Å². The minimum atomic E-state index is -0.369. The zero-order valence-electron chi connectivity index (χ0n) is 18.8. The fraction of sp³-hybridized carbons (Fsp3) is 0.0690. The van der Waals surface area contributed by atoms with Crippen molar-refractivity contribution in [1.82, 2.24) is 9.55 Å². The maximum Gasteiger partial charge on any atom is 0.353 e. The summed E-state index contributed by atoms with van der Waals surface area (Å²) in [6, 6.07) is 26.8. The number of fused-ring (bicyclic) bond motifs is 2. The van der Waals surface area contributed by atoms with Gasteiger partial charge in [-0.05, 0) is 49.7 Å². The van der Waals surface area contributed by atoms with E-state index in [4.69, 9.17) is 0 Å². The maximum atomic E-state index is 13.8. The number of carbonyl (C=O) groups is 1. The van der Waals surface area contributed by atoms with Crippen molar-refractivity contribution in [3.63, 3.8) is 0 Å². The number of hydrogen-bond acceptors (Lipinski definition) is 4. The quantitative estimate of drug-likeness (QED) is 0.367. The van der Waals surface area contributed by atoms with Crippen LogP contribution in [0.1, 0.15) is 27.0 Å². The SMILES string of the molecule is Cc1ccc(Nc2cc(C)c3c4c(nc(=O)n3-c3ccccc3)-c3ccccc3C(=O)c24)cc1. The fourth-order valence-corrected chi connectivity index (χ4v) is 4.78. The first-order valence-corrected chi connectivity index (χ1v) is 11.2. The second-order valence-corrected chi connectivity index (χ2v) is 8.62. The van der Waals surface area contributed by atoms with Gasteiger partial charge in [-0.15, -0.1) is 0 Å². The predicted molar refractivity (Wildman–Crippen MR) is 135 cm³/mol. The minimum absolute atomic E-state index is 0.0808. The standard InChI is InChI=1S/C29H21N3O2/c1-17-12-14-19(15-13-17)30-23-16-18(2)27-25-24(23)28(33)22-11-7-6-10-21(22)26(25)31-29(34)32(27)20-8-4-3-5-9-20/h3-16,30H,1-2H3. The summed E-state index contributed by atoms with van der Waals surface area (Å²) in [6.45, 7) is 4.00. The van der Waals surface area contributed by atoms with Crippen molar-refractivity contribution in [1.29, 1.82) is 0 Å². The van der Waals surface area contributed by atoms with Crippen LogP contribution in [0.2, 0.25) is 0 Å². The molecule has 0 spiro atoms. The van der Waals surface area contributed by atoms with Crippen molar-refractivity contribution < 1.29 is 4.79 Å². The van der Waals surface area contributed by atoms with E-state index in [0.29, 0.717) is 44.7 Å². The molecule has 1 aliphatic rings. The highest BCUT2D eigenvalue weighted by molar-refractivity contribution is 6.28. The van der Waals surface area contributed by atoms with Crippen LogP contribution in [-0.2, 0) is 0 Å². The first kappa shape index (κ1) is 20.1. The summed E-state index contributed by atoms with van der Waals surface area (Å²) in [7, 11) is 0. The Morgan fingerprint density at radius 2 is 1.47 bits per heavy atom. The number of nitrogens with zero attached hydrogens (tertiary/aromatic N) is 2. The molecule has 0 unspecified atom stereocenters. The van der Waals surface area contributed by atoms with Crippen LogP contribution in [0.3, 0.4) is 0 Å². The van der Waals surface area contributed by atoms with E-state index in [1.165, 1.54) is 0 Å². The lowest BCUT2D eigenvalue weighted by molar-refractivity contribution is 0.104. The third-order valence-electron chi connectivity index (χ3n) is 6.35. The van der Waals surface area contributed by atoms with Crippen LogP contribution in [0.25, 0.3) is 27.8 Å². The Morgan fingerprint density at radius 3 is 2.21 bits per heavy atom. The van der Waals surface area contributed by atoms with Crippen LogP contribution in [0.4, 0.5) is 11.4 Å². The van der Waals surface area contributed by atoms with Gasteiger partial charge >= 0.3 is 5.69 Å². The molecule has 4 aromatic carbocycles. The normalized spacial score (nSPS) is 12.0. The second-order valence-electron chi connectivity index (χ2n) is 8.62. The average molecular weight is 444 g/mol. The molecule has 1 aliphatic carbocycles. The summed E-state index contributed by atoms with van der Waals surface area (Å²) in [4.78, 5) is 31.7. The molecule has 5 heteroatoms. The largest absolute Gasteiger partial charge is 0.355 e. The van der Waals surface area contributed by atoms with Gasteiger partial charge in [0.15, 0.2) is 5.78 Å². The third-order valence-corrected chi connectivity index (χ3v) is 6.35. The van der Waals surface area contributed by atoms with E-state index >= 15 is 0 Å². The number of aromatic nitrogens is 2. The molecule has 0 bridgehead atoms. The van der Waals surface area contributed by atoms with Crippen molar-refractivity contribution in [2.45, 2.75) is 13.8 Å². The summed E-state index contributed by atoms with van der Waals surface area (Å²) in [6.07, 6.45) is 0. The Morgan fingerprint density at radius 1 is 0.794 bits per heavy atom. The smallest absolute Gasteiger partial charge is 0.353 e. The molecule has 0 saturated carbocycles. The molecule has 0 atom stereocenters. The van der Waals surface area contributed by atoms with Gasteiger partial charge in [0, 0.05) is 22.2 Å². The van der Waals surface area contributed by atoms with E-state index in [-0.39, 0.29) is 11.5 Å². The molecule has 1 aromatic heterocycles. The van der Waals surface area contributed by atoms with Gasteiger partial charge < -0.3 is 5.32 Å². The summed E-state index contributed by atoms with van der Waals surface area (Å²) < 4.78 is 1.61. The monoisotopic (exact) mass is 443 g/mol. The van der Waals surface area contributed by atoms with E-state index in [1.54, 1.807) is 10.6 Å². The number of aryl methyl sites for hydroxylation is 2. The van der Waals surface area contributed by atoms with E-state index in [9.17, 15) is 9.59 Å². The Bertz CT molecular complexity index is 1670. The highest BCUT2D eigenvalue weighted by Crippen LogP contribution is 2.42. The number of rotatable bonds is 3. The Balaban J connectivity index is 1.74. The van der Waals surface area contributed by atoms with Crippen LogP contribution in [0.5, 0.6) is 0 Å². The second kappa shape index (κ2) is 7.52. The number of ketones is 1. The van der Waals surface area contributed by atoms with Gasteiger partial charge in [-0.25, -0.2) is 4.79 Å². The Labute approximate surface area is 196 Å². The van der Waals surface area contributed by atoms with Crippen LogP contribution < -0.4 is 11.0 Å². The van der Waals surface area contributed by atoms with E-state index in [2.05, 4.69) is 10.3 Å². The molecule has 5 aromatic rings. The number of carbonyl (C=O) groups excluding carboxylic acids is 1. The molecule has 0 saturated heterocycles. The van der Waals surface area contributed by atoms with Gasteiger partial charge in [0.1, 0.15) is 0 Å². The highest BCUT2D eigenvalue weighted by atomic mass is 16.1. The van der Waals surface area contributed by atoms with Crippen molar-refractivity contribution in [3.05, 3.63) is 118 Å². The lowest BCUT2D eigenvalue weighted by Gasteiger charge is -2.25. The highest BCUT2D eigenvalue weighted by Gasteiger charge is 2.31. The Kier molecular flexibility index (Phi) is 4.45. The fourth-order valence-electron chi connectivity index (χ4n) is 4.78. The van der Waals surface area contributed by atoms with Crippen molar-refractivity contribution in [2.24, 2.45) is 0 Å². The summed E-state index contributed by atoms with van der Waals surface area (Å²) >= 11 is 0. The van der Waals surface area contributed by atoms with Gasteiger partial charge in [0.2, 0.25) is 0 Å². The van der Waals surface area contributed by atoms with Crippen molar-refractivity contribution >= 4 is 28.1 Å². The minimum Gasteiger partial charge on any atom is -0.355 e. The third kappa shape index (κ3) is 2.98. The molecule has 164 valence electrons. The number of nitrogens with one attached hydrogen (secondary N) is 1.